The third-order valence-corrected chi connectivity index (χ3v) is 5.20. The SMILES string of the molecule is COc1ccc(N2C(=O)NC(=O)/C(=C/c3ccc(OC(=O)c4ccccc4)cc3)C2=O)cc1Cl. The molecule has 4 rings (SSSR count). The van der Waals surface area contributed by atoms with Crippen molar-refractivity contribution in [1.82, 2.24) is 5.32 Å². The summed E-state index contributed by atoms with van der Waals surface area (Å²) in [6, 6.07) is 18.2. The van der Waals surface area contributed by atoms with Crippen LogP contribution in [-0.2, 0) is 9.59 Å². The molecule has 0 aromatic heterocycles. The molecule has 8 nitrogen and oxygen atoms in total. The van der Waals surface area contributed by atoms with Crippen LogP contribution in [0.2, 0.25) is 5.02 Å². The predicted molar refractivity (Wildman–Crippen MR) is 125 cm³/mol. The van der Waals surface area contributed by atoms with Crippen LogP contribution in [0.3, 0.4) is 0 Å². The fourth-order valence-corrected chi connectivity index (χ4v) is 3.48. The van der Waals surface area contributed by atoms with Gasteiger partial charge in [-0.3, -0.25) is 14.9 Å². The first-order valence-corrected chi connectivity index (χ1v) is 10.4. The van der Waals surface area contributed by atoms with E-state index in [-0.39, 0.29) is 16.3 Å². The number of halogens is 1. The first-order valence-electron chi connectivity index (χ1n) is 9.99. The molecule has 170 valence electrons. The third kappa shape index (κ3) is 4.67. The maximum Gasteiger partial charge on any atom is 0.343 e. The Morgan fingerprint density at radius 2 is 1.68 bits per heavy atom. The van der Waals surface area contributed by atoms with Gasteiger partial charge in [-0.1, -0.05) is 41.9 Å². The largest absolute Gasteiger partial charge is 0.495 e. The van der Waals surface area contributed by atoms with E-state index in [4.69, 9.17) is 21.1 Å². The van der Waals surface area contributed by atoms with Crippen molar-refractivity contribution in [3.63, 3.8) is 0 Å². The second-order valence-electron chi connectivity index (χ2n) is 7.10. The van der Waals surface area contributed by atoms with E-state index in [1.807, 2.05) is 0 Å². The molecule has 1 aliphatic rings. The zero-order valence-corrected chi connectivity index (χ0v) is 18.5. The predicted octanol–water partition coefficient (Wildman–Crippen LogP) is 4.23. The molecule has 0 atom stereocenters. The highest BCUT2D eigenvalue weighted by atomic mass is 35.5. The second kappa shape index (κ2) is 9.60. The average Bonchev–Trinajstić information content (AvgIpc) is 2.83. The van der Waals surface area contributed by atoms with Crippen LogP contribution in [0.15, 0.2) is 78.4 Å². The minimum atomic E-state index is -0.892. The number of imide groups is 2. The Kier molecular flexibility index (Phi) is 6.42. The van der Waals surface area contributed by atoms with Crippen molar-refractivity contribution in [2.24, 2.45) is 0 Å². The van der Waals surface area contributed by atoms with Crippen molar-refractivity contribution >= 4 is 47.2 Å². The van der Waals surface area contributed by atoms with E-state index in [0.29, 0.717) is 22.6 Å². The fourth-order valence-electron chi connectivity index (χ4n) is 3.23. The number of esters is 1. The van der Waals surface area contributed by atoms with Gasteiger partial charge in [-0.2, -0.15) is 0 Å². The monoisotopic (exact) mass is 476 g/mol. The van der Waals surface area contributed by atoms with Crippen LogP contribution >= 0.6 is 11.6 Å². The summed E-state index contributed by atoms with van der Waals surface area (Å²) in [4.78, 5) is 50.8. The molecule has 0 bridgehead atoms. The van der Waals surface area contributed by atoms with E-state index < -0.39 is 23.8 Å². The maximum absolute atomic E-state index is 13.0. The van der Waals surface area contributed by atoms with Gasteiger partial charge in [0, 0.05) is 0 Å². The number of benzene rings is 3. The number of carbonyl (C=O) groups excluding carboxylic acids is 4. The van der Waals surface area contributed by atoms with Crippen LogP contribution in [0.1, 0.15) is 15.9 Å². The number of hydrogen-bond acceptors (Lipinski definition) is 6. The van der Waals surface area contributed by atoms with Crippen molar-refractivity contribution in [3.05, 3.63) is 94.5 Å². The fraction of sp³-hybridized carbons (Fsp3) is 0.0400. The molecule has 0 radical (unpaired) electrons. The molecule has 1 fully saturated rings. The summed E-state index contributed by atoms with van der Waals surface area (Å²) in [5.74, 6) is -1.49. The molecule has 1 aliphatic heterocycles. The van der Waals surface area contributed by atoms with E-state index in [9.17, 15) is 19.2 Å². The van der Waals surface area contributed by atoms with Crippen molar-refractivity contribution in [3.8, 4) is 11.5 Å². The second-order valence-corrected chi connectivity index (χ2v) is 7.51. The van der Waals surface area contributed by atoms with Crippen LogP contribution < -0.4 is 19.7 Å². The lowest BCUT2D eigenvalue weighted by molar-refractivity contribution is -0.122. The lowest BCUT2D eigenvalue weighted by Gasteiger charge is -2.26. The van der Waals surface area contributed by atoms with Gasteiger partial charge in [0.1, 0.15) is 17.1 Å². The Hall–Kier alpha value is -4.43. The zero-order chi connectivity index (χ0) is 24.2. The average molecular weight is 477 g/mol. The highest BCUT2D eigenvalue weighted by molar-refractivity contribution is 6.39. The van der Waals surface area contributed by atoms with Gasteiger partial charge in [-0.05, 0) is 54.1 Å². The van der Waals surface area contributed by atoms with Crippen molar-refractivity contribution in [2.75, 3.05) is 12.0 Å². The number of rotatable bonds is 5. The molecule has 0 aliphatic carbocycles. The van der Waals surface area contributed by atoms with Gasteiger partial charge in [0.15, 0.2) is 0 Å². The summed E-state index contributed by atoms with van der Waals surface area (Å²) in [6.07, 6.45) is 1.34. The molecule has 9 heteroatoms. The number of nitrogens with zero attached hydrogens (tertiary/aromatic N) is 1. The van der Waals surface area contributed by atoms with Gasteiger partial charge < -0.3 is 9.47 Å². The van der Waals surface area contributed by atoms with E-state index in [0.717, 1.165) is 4.90 Å². The first kappa shape index (κ1) is 22.8. The summed E-state index contributed by atoms with van der Waals surface area (Å²) >= 11 is 6.12. The summed E-state index contributed by atoms with van der Waals surface area (Å²) in [6.45, 7) is 0. The van der Waals surface area contributed by atoms with Gasteiger partial charge in [0.25, 0.3) is 11.8 Å². The maximum atomic E-state index is 13.0. The Labute approximate surface area is 199 Å². The van der Waals surface area contributed by atoms with E-state index >= 15 is 0 Å². The molecule has 1 N–H and O–H groups in total. The molecule has 3 aromatic rings. The molecule has 34 heavy (non-hydrogen) atoms. The number of nitrogens with one attached hydrogen (secondary N) is 1. The number of methoxy groups -OCH3 is 1. The minimum absolute atomic E-state index is 0.176. The number of ether oxygens (including phenoxy) is 2. The van der Waals surface area contributed by atoms with Crippen molar-refractivity contribution in [1.29, 1.82) is 0 Å². The Balaban J connectivity index is 1.56. The van der Waals surface area contributed by atoms with E-state index in [1.54, 1.807) is 42.5 Å². The number of urea groups is 1. The molecule has 1 saturated heterocycles. The number of barbiturate groups is 1. The lowest BCUT2D eigenvalue weighted by Crippen LogP contribution is -2.54. The Morgan fingerprint density at radius 3 is 2.32 bits per heavy atom. The van der Waals surface area contributed by atoms with E-state index in [1.165, 1.54) is 43.5 Å². The molecular weight excluding hydrogens is 460 g/mol. The number of hydrogen-bond donors (Lipinski definition) is 1. The van der Waals surface area contributed by atoms with Crippen LogP contribution in [0.5, 0.6) is 11.5 Å². The van der Waals surface area contributed by atoms with Crippen molar-refractivity contribution < 1.29 is 28.7 Å². The summed E-state index contributed by atoms with van der Waals surface area (Å²) in [5.41, 5.74) is 0.817. The molecule has 0 spiro atoms. The highest BCUT2D eigenvalue weighted by Crippen LogP contribution is 2.31. The van der Waals surface area contributed by atoms with Gasteiger partial charge in [0.05, 0.1) is 23.4 Å². The molecule has 1 heterocycles. The summed E-state index contributed by atoms with van der Waals surface area (Å²) in [5, 5.41) is 2.35. The summed E-state index contributed by atoms with van der Waals surface area (Å²) in [7, 11) is 1.44. The molecule has 3 aromatic carbocycles. The van der Waals surface area contributed by atoms with E-state index in [2.05, 4.69) is 5.32 Å². The van der Waals surface area contributed by atoms with Crippen LogP contribution in [0.4, 0.5) is 10.5 Å². The molecule has 4 amide bonds. The Morgan fingerprint density at radius 1 is 0.971 bits per heavy atom. The number of anilines is 1. The van der Waals surface area contributed by atoms with Gasteiger partial charge in [0.2, 0.25) is 0 Å². The number of amides is 4. The van der Waals surface area contributed by atoms with Crippen molar-refractivity contribution in [2.45, 2.75) is 0 Å². The quantitative estimate of drug-likeness (QED) is 0.256. The topological polar surface area (TPSA) is 102 Å². The van der Waals surface area contributed by atoms with Crippen LogP contribution in [0, 0.1) is 0 Å². The van der Waals surface area contributed by atoms with Gasteiger partial charge >= 0.3 is 12.0 Å². The minimum Gasteiger partial charge on any atom is -0.495 e. The molecule has 0 unspecified atom stereocenters. The van der Waals surface area contributed by atoms with Gasteiger partial charge in [-0.15, -0.1) is 0 Å². The number of carbonyl (C=O) groups is 4. The van der Waals surface area contributed by atoms with Gasteiger partial charge in [-0.25, -0.2) is 14.5 Å². The Bertz CT molecular complexity index is 1320. The third-order valence-electron chi connectivity index (χ3n) is 4.91. The smallest absolute Gasteiger partial charge is 0.343 e. The van der Waals surface area contributed by atoms with Crippen LogP contribution in [-0.4, -0.2) is 30.9 Å². The lowest BCUT2D eigenvalue weighted by atomic mass is 10.1. The van der Waals surface area contributed by atoms with Crippen LogP contribution in [0.25, 0.3) is 6.08 Å². The zero-order valence-electron chi connectivity index (χ0n) is 17.8. The summed E-state index contributed by atoms with van der Waals surface area (Å²) < 4.78 is 10.4. The first-order chi connectivity index (χ1) is 16.4. The molecule has 0 saturated carbocycles. The molecular formula is C25H17ClN2O6. The highest BCUT2D eigenvalue weighted by Gasteiger charge is 2.37. The standard InChI is InChI=1S/C25H17ClN2O6/c1-33-21-12-9-17(14-20(21)26)28-23(30)19(22(29)27-25(28)32)13-15-7-10-18(11-8-15)34-24(31)16-5-3-2-4-6-16/h2-14H,1H3,(H,27,29,32)/b19-13-. The normalized spacial score (nSPS) is 14.7.